The van der Waals surface area contributed by atoms with Crippen molar-refractivity contribution in [3.05, 3.63) is 0 Å². The molecule has 0 spiro atoms. The van der Waals surface area contributed by atoms with Gasteiger partial charge < -0.3 is 15.0 Å². The van der Waals surface area contributed by atoms with Crippen molar-refractivity contribution in [1.29, 1.82) is 0 Å². The van der Waals surface area contributed by atoms with E-state index in [-0.39, 0.29) is 17.9 Å². The van der Waals surface area contributed by atoms with Crippen molar-refractivity contribution >= 4 is 5.97 Å². The Morgan fingerprint density at radius 1 is 1.26 bits per heavy atom. The van der Waals surface area contributed by atoms with E-state index in [1.807, 2.05) is 6.92 Å². The van der Waals surface area contributed by atoms with Gasteiger partial charge in [0, 0.05) is 24.2 Å². The van der Waals surface area contributed by atoms with Gasteiger partial charge in [-0.2, -0.15) is 0 Å². The Morgan fingerprint density at radius 2 is 1.84 bits per heavy atom. The highest BCUT2D eigenvalue weighted by molar-refractivity contribution is 5.72. The zero-order chi connectivity index (χ0) is 14.0. The molecule has 0 aromatic rings. The molecule has 2 bridgehead atoms. The van der Waals surface area contributed by atoms with Gasteiger partial charge in [-0.25, -0.2) is 0 Å². The number of methoxy groups -OCH3 is 1. The molecular weight excluding hydrogens is 240 g/mol. The lowest BCUT2D eigenvalue weighted by atomic mass is 9.82. The number of carbonyl (C=O) groups excluding carboxylic acids is 1. The zero-order valence-corrected chi connectivity index (χ0v) is 12.7. The number of rotatable bonds is 4. The maximum atomic E-state index is 11.6. The number of hydrogen-bond acceptors (Lipinski definition) is 4. The van der Waals surface area contributed by atoms with E-state index in [0.717, 1.165) is 12.1 Å². The molecule has 2 aliphatic heterocycles. The van der Waals surface area contributed by atoms with Crippen molar-refractivity contribution in [2.24, 2.45) is 5.92 Å². The van der Waals surface area contributed by atoms with Gasteiger partial charge in [0.2, 0.25) is 0 Å². The van der Waals surface area contributed by atoms with Crippen LogP contribution >= 0.6 is 0 Å². The van der Waals surface area contributed by atoms with Crippen LogP contribution in [0.4, 0.5) is 0 Å². The first kappa shape index (κ1) is 14.8. The quantitative estimate of drug-likeness (QED) is 0.789. The molecule has 2 saturated heterocycles. The van der Waals surface area contributed by atoms with Crippen LogP contribution in [0.5, 0.6) is 0 Å². The smallest absolute Gasteiger partial charge is 0.309 e. The van der Waals surface area contributed by atoms with E-state index < -0.39 is 0 Å². The molecule has 0 amide bonds. The van der Waals surface area contributed by atoms with Crippen LogP contribution in [-0.2, 0) is 9.53 Å². The first-order valence-electron chi connectivity index (χ1n) is 7.58. The van der Waals surface area contributed by atoms with E-state index in [1.165, 1.54) is 39.2 Å². The van der Waals surface area contributed by atoms with Gasteiger partial charge in [0.25, 0.3) is 0 Å². The molecule has 2 fully saturated rings. The van der Waals surface area contributed by atoms with E-state index in [2.05, 4.69) is 24.2 Å². The van der Waals surface area contributed by atoms with Crippen molar-refractivity contribution in [3.8, 4) is 0 Å². The molecule has 0 aromatic carbocycles. The van der Waals surface area contributed by atoms with Gasteiger partial charge in [0.1, 0.15) is 0 Å². The van der Waals surface area contributed by atoms with Crippen molar-refractivity contribution in [2.75, 3.05) is 14.2 Å². The normalized spacial score (nSPS) is 34.6. The van der Waals surface area contributed by atoms with Crippen LogP contribution in [0.25, 0.3) is 0 Å². The number of hydrogen-bond donors (Lipinski definition) is 1. The van der Waals surface area contributed by atoms with Crippen LogP contribution in [0.2, 0.25) is 0 Å². The number of nitrogens with zero attached hydrogens (tertiary/aromatic N) is 1. The first-order valence-corrected chi connectivity index (χ1v) is 7.58. The van der Waals surface area contributed by atoms with E-state index in [1.54, 1.807) is 0 Å². The molecule has 2 rings (SSSR count). The number of carbonyl (C=O) groups is 1. The molecule has 0 aliphatic carbocycles. The molecule has 0 saturated carbocycles. The average Bonchev–Trinajstić information content (AvgIpc) is 2.38. The van der Waals surface area contributed by atoms with E-state index in [0.29, 0.717) is 6.04 Å². The van der Waals surface area contributed by atoms with Gasteiger partial charge in [-0.05, 0) is 39.7 Å². The van der Waals surface area contributed by atoms with Gasteiger partial charge >= 0.3 is 5.97 Å². The minimum absolute atomic E-state index is 0.0792. The monoisotopic (exact) mass is 268 g/mol. The minimum atomic E-state index is -0.117. The Labute approximate surface area is 116 Å². The fourth-order valence-electron chi connectivity index (χ4n) is 3.66. The lowest BCUT2D eigenvalue weighted by Gasteiger charge is -2.48. The lowest BCUT2D eigenvalue weighted by Crippen LogP contribution is -2.56. The Kier molecular flexibility index (Phi) is 4.85. The third-order valence-electron chi connectivity index (χ3n) is 5.16. The van der Waals surface area contributed by atoms with Gasteiger partial charge in [-0.3, -0.25) is 4.79 Å². The van der Waals surface area contributed by atoms with Crippen LogP contribution in [-0.4, -0.2) is 49.2 Å². The molecule has 110 valence electrons. The summed E-state index contributed by atoms with van der Waals surface area (Å²) in [6.07, 6.45) is 6.45. The third kappa shape index (κ3) is 3.29. The molecule has 4 atom stereocenters. The zero-order valence-electron chi connectivity index (χ0n) is 12.7. The van der Waals surface area contributed by atoms with Crippen LogP contribution in [0, 0.1) is 5.92 Å². The highest BCUT2D eigenvalue weighted by Crippen LogP contribution is 2.32. The Morgan fingerprint density at radius 3 is 2.37 bits per heavy atom. The van der Waals surface area contributed by atoms with Gasteiger partial charge in [0.05, 0.1) is 13.0 Å². The van der Waals surface area contributed by atoms with Gasteiger partial charge in [-0.1, -0.05) is 13.3 Å². The maximum Gasteiger partial charge on any atom is 0.309 e. The van der Waals surface area contributed by atoms with Crippen molar-refractivity contribution < 1.29 is 9.53 Å². The summed E-state index contributed by atoms with van der Waals surface area (Å²) in [5.41, 5.74) is 0. The summed E-state index contributed by atoms with van der Waals surface area (Å²) in [6.45, 7) is 4.04. The number of nitrogens with one attached hydrogen (secondary N) is 1. The molecular formula is C15H28N2O2. The molecule has 0 radical (unpaired) electrons. The molecule has 2 heterocycles. The number of ether oxygens (including phenoxy) is 1. The predicted molar refractivity (Wildman–Crippen MR) is 76.0 cm³/mol. The molecule has 0 aromatic heterocycles. The van der Waals surface area contributed by atoms with Crippen LogP contribution in [0.1, 0.15) is 46.0 Å². The fourth-order valence-corrected chi connectivity index (χ4v) is 3.66. The number of esters is 1. The molecule has 4 unspecified atom stereocenters. The van der Waals surface area contributed by atoms with Crippen molar-refractivity contribution in [1.82, 2.24) is 10.2 Å². The lowest BCUT2D eigenvalue weighted by molar-refractivity contribution is -0.145. The Hall–Kier alpha value is -0.610. The number of fused-ring (bicyclic) bond motifs is 2. The van der Waals surface area contributed by atoms with E-state index in [9.17, 15) is 4.79 Å². The standard InChI is InChI=1S/C15H28N2O2/c1-10(15(18)19-4)11(2)16-12-8-13-6-5-7-14(9-12)17(13)3/h10-14,16H,5-9H2,1-4H3. The minimum Gasteiger partial charge on any atom is -0.469 e. The summed E-state index contributed by atoms with van der Waals surface area (Å²) in [5.74, 6) is -0.197. The first-order chi connectivity index (χ1) is 9.02. The van der Waals surface area contributed by atoms with Crippen molar-refractivity contribution in [3.63, 3.8) is 0 Å². The van der Waals surface area contributed by atoms with Crippen LogP contribution in [0.3, 0.4) is 0 Å². The Balaban J connectivity index is 1.88. The summed E-state index contributed by atoms with van der Waals surface area (Å²) >= 11 is 0. The largest absolute Gasteiger partial charge is 0.469 e. The molecule has 4 nitrogen and oxygen atoms in total. The average molecular weight is 268 g/mol. The summed E-state index contributed by atoms with van der Waals surface area (Å²) in [5, 5.41) is 3.66. The molecule has 2 aliphatic rings. The molecule has 19 heavy (non-hydrogen) atoms. The van der Waals surface area contributed by atoms with Crippen LogP contribution < -0.4 is 5.32 Å². The maximum absolute atomic E-state index is 11.6. The second-order valence-corrected chi connectivity index (χ2v) is 6.34. The summed E-state index contributed by atoms with van der Waals surface area (Å²) in [7, 11) is 3.73. The summed E-state index contributed by atoms with van der Waals surface area (Å²) < 4.78 is 4.83. The Bertz CT molecular complexity index is 307. The summed E-state index contributed by atoms with van der Waals surface area (Å²) in [6, 6.07) is 2.19. The second kappa shape index (κ2) is 6.23. The summed E-state index contributed by atoms with van der Waals surface area (Å²) in [4.78, 5) is 14.1. The molecule has 4 heteroatoms. The highest BCUT2D eigenvalue weighted by atomic mass is 16.5. The predicted octanol–water partition coefficient (Wildman–Crippen LogP) is 1.79. The van der Waals surface area contributed by atoms with E-state index in [4.69, 9.17) is 4.74 Å². The number of piperidine rings is 2. The topological polar surface area (TPSA) is 41.6 Å². The van der Waals surface area contributed by atoms with Crippen LogP contribution in [0.15, 0.2) is 0 Å². The van der Waals surface area contributed by atoms with Gasteiger partial charge in [-0.15, -0.1) is 0 Å². The van der Waals surface area contributed by atoms with Crippen molar-refractivity contribution in [2.45, 2.75) is 70.1 Å². The van der Waals surface area contributed by atoms with Gasteiger partial charge in [0.15, 0.2) is 0 Å². The third-order valence-corrected chi connectivity index (χ3v) is 5.16. The SMILES string of the molecule is COC(=O)C(C)C(C)NC1CC2CCCC(C1)N2C. The highest BCUT2D eigenvalue weighted by Gasteiger charge is 2.36. The second-order valence-electron chi connectivity index (χ2n) is 6.34. The molecule has 1 N–H and O–H groups in total. The van der Waals surface area contributed by atoms with E-state index >= 15 is 0 Å². The fraction of sp³-hybridized carbons (Fsp3) is 0.933.